The Bertz CT molecular complexity index is 225. The van der Waals surface area contributed by atoms with E-state index < -0.39 is 10.8 Å². The summed E-state index contributed by atoms with van der Waals surface area (Å²) in [5.41, 5.74) is 0.163. The number of nitrogens with one attached hydrogen (secondary N) is 1. The van der Waals surface area contributed by atoms with Crippen LogP contribution in [0.15, 0.2) is 0 Å². The molecule has 0 fully saturated rings. The standard InChI is InChI=1S/C13H29NOS/c1-8-9-14-11(12(2,3)4)10-16(15)13(5,6)7/h11,14H,8-10H2,1-7H3. The molecule has 0 radical (unpaired) electrons. The van der Waals surface area contributed by atoms with Gasteiger partial charge in [-0.3, -0.25) is 4.21 Å². The van der Waals surface area contributed by atoms with Crippen LogP contribution in [0, 0.1) is 5.41 Å². The molecular weight excluding hydrogens is 218 g/mol. The summed E-state index contributed by atoms with van der Waals surface area (Å²) < 4.78 is 12.0. The second kappa shape index (κ2) is 6.15. The molecule has 0 aromatic carbocycles. The molecule has 0 bridgehead atoms. The normalized spacial score (nSPS) is 17.2. The van der Waals surface area contributed by atoms with Gasteiger partial charge in [0.2, 0.25) is 0 Å². The highest BCUT2D eigenvalue weighted by atomic mass is 32.2. The van der Waals surface area contributed by atoms with Crippen molar-refractivity contribution in [3.05, 3.63) is 0 Å². The van der Waals surface area contributed by atoms with Crippen molar-refractivity contribution in [2.45, 2.75) is 65.7 Å². The first-order chi connectivity index (χ1) is 7.09. The molecule has 0 saturated carbocycles. The summed E-state index contributed by atoms with van der Waals surface area (Å²) in [6, 6.07) is 0.326. The van der Waals surface area contributed by atoms with Crippen molar-refractivity contribution in [3.63, 3.8) is 0 Å². The van der Waals surface area contributed by atoms with E-state index in [1.165, 1.54) is 0 Å². The molecular formula is C13H29NOS. The Morgan fingerprint density at radius 3 is 1.94 bits per heavy atom. The van der Waals surface area contributed by atoms with Gasteiger partial charge >= 0.3 is 0 Å². The quantitative estimate of drug-likeness (QED) is 0.809. The summed E-state index contributed by atoms with van der Waals surface area (Å²) in [6.07, 6.45) is 1.12. The molecule has 2 unspecified atom stereocenters. The van der Waals surface area contributed by atoms with Crippen LogP contribution in [0.5, 0.6) is 0 Å². The van der Waals surface area contributed by atoms with Gasteiger partial charge in [-0.05, 0) is 39.2 Å². The molecule has 0 aliphatic carbocycles. The van der Waals surface area contributed by atoms with Gasteiger partial charge in [0.1, 0.15) is 0 Å². The highest BCUT2D eigenvalue weighted by molar-refractivity contribution is 7.86. The highest BCUT2D eigenvalue weighted by Gasteiger charge is 2.29. The smallest absolute Gasteiger partial charge is 0.0399 e. The molecule has 0 spiro atoms. The van der Waals surface area contributed by atoms with E-state index in [4.69, 9.17) is 0 Å². The van der Waals surface area contributed by atoms with E-state index in [0.29, 0.717) is 6.04 Å². The molecule has 3 heteroatoms. The zero-order chi connectivity index (χ0) is 13.0. The summed E-state index contributed by atoms with van der Waals surface area (Å²) in [6.45, 7) is 15.9. The molecule has 0 aromatic heterocycles. The maximum Gasteiger partial charge on any atom is 0.0399 e. The molecule has 0 aliphatic heterocycles. The molecule has 0 aliphatic rings. The second-order valence-electron chi connectivity index (χ2n) is 6.50. The first-order valence-corrected chi connectivity index (χ1v) is 7.52. The lowest BCUT2D eigenvalue weighted by molar-refractivity contribution is 0.290. The fourth-order valence-corrected chi connectivity index (χ4v) is 2.76. The van der Waals surface area contributed by atoms with Crippen LogP contribution in [0.2, 0.25) is 0 Å². The van der Waals surface area contributed by atoms with Crippen LogP contribution >= 0.6 is 0 Å². The predicted octanol–water partition coefficient (Wildman–Crippen LogP) is 2.95. The predicted molar refractivity (Wildman–Crippen MR) is 74.3 cm³/mol. The monoisotopic (exact) mass is 247 g/mol. The fourth-order valence-electron chi connectivity index (χ4n) is 1.34. The lowest BCUT2D eigenvalue weighted by Gasteiger charge is -2.33. The lowest BCUT2D eigenvalue weighted by Crippen LogP contribution is -2.46. The Kier molecular flexibility index (Phi) is 6.20. The lowest BCUT2D eigenvalue weighted by atomic mass is 9.88. The minimum atomic E-state index is -0.780. The number of hydrogen-bond acceptors (Lipinski definition) is 2. The van der Waals surface area contributed by atoms with E-state index >= 15 is 0 Å². The maximum atomic E-state index is 12.2. The average Bonchev–Trinajstić information content (AvgIpc) is 2.08. The minimum Gasteiger partial charge on any atom is -0.313 e. The topological polar surface area (TPSA) is 29.1 Å². The molecule has 0 rings (SSSR count). The number of hydrogen-bond donors (Lipinski definition) is 1. The minimum absolute atomic E-state index is 0.114. The summed E-state index contributed by atoms with van der Waals surface area (Å²) in [4.78, 5) is 0. The SMILES string of the molecule is CCCNC(CS(=O)C(C)(C)C)C(C)(C)C. The van der Waals surface area contributed by atoms with Gasteiger partial charge in [-0.15, -0.1) is 0 Å². The van der Waals surface area contributed by atoms with E-state index in [2.05, 4.69) is 33.0 Å². The van der Waals surface area contributed by atoms with Gasteiger partial charge < -0.3 is 5.32 Å². The van der Waals surface area contributed by atoms with Gasteiger partial charge in [-0.1, -0.05) is 27.7 Å². The van der Waals surface area contributed by atoms with Gasteiger partial charge in [-0.25, -0.2) is 0 Å². The van der Waals surface area contributed by atoms with Crippen molar-refractivity contribution >= 4 is 10.8 Å². The highest BCUT2D eigenvalue weighted by Crippen LogP contribution is 2.23. The molecule has 1 N–H and O–H groups in total. The van der Waals surface area contributed by atoms with Crippen molar-refractivity contribution in [3.8, 4) is 0 Å². The summed E-state index contributed by atoms with van der Waals surface area (Å²) in [7, 11) is -0.780. The summed E-state index contributed by atoms with van der Waals surface area (Å²) in [5.74, 6) is 0.743. The Labute approximate surface area is 104 Å². The van der Waals surface area contributed by atoms with Crippen LogP contribution in [-0.4, -0.2) is 27.3 Å². The van der Waals surface area contributed by atoms with E-state index in [-0.39, 0.29) is 10.2 Å². The summed E-state index contributed by atoms with van der Waals surface area (Å²) >= 11 is 0. The third kappa shape index (κ3) is 6.00. The second-order valence-corrected chi connectivity index (χ2v) is 8.75. The molecule has 0 amide bonds. The zero-order valence-electron chi connectivity index (χ0n) is 12.0. The maximum absolute atomic E-state index is 12.2. The van der Waals surface area contributed by atoms with E-state index in [9.17, 15) is 4.21 Å². The fraction of sp³-hybridized carbons (Fsp3) is 1.00. The zero-order valence-corrected chi connectivity index (χ0v) is 12.8. The molecule has 0 aromatic rings. The van der Waals surface area contributed by atoms with Gasteiger partial charge in [0.05, 0.1) is 0 Å². The van der Waals surface area contributed by atoms with Crippen LogP contribution < -0.4 is 5.32 Å². The third-order valence-corrected chi connectivity index (χ3v) is 4.69. The molecule has 98 valence electrons. The van der Waals surface area contributed by atoms with Crippen LogP contribution in [0.1, 0.15) is 54.9 Å². The van der Waals surface area contributed by atoms with Gasteiger partial charge in [0.25, 0.3) is 0 Å². The molecule has 0 saturated heterocycles. The Morgan fingerprint density at radius 2 is 1.62 bits per heavy atom. The summed E-state index contributed by atoms with van der Waals surface area (Å²) in [5, 5.41) is 3.52. The van der Waals surface area contributed by atoms with E-state index in [0.717, 1.165) is 18.7 Å². The van der Waals surface area contributed by atoms with Crippen molar-refractivity contribution in [2.75, 3.05) is 12.3 Å². The molecule has 2 nitrogen and oxygen atoms in total. The third-order valence-electron chi connectivity index (χ3n) is 2.69. The van der Waals surface area contributed by atoms with Crippen LogP contribution in [0.3, 0.4) is 0 Å². The van der Waals surface area contributed by atoms with Crippen LogP contribution in [0.4, 0.5) is 0 Å². The van der Waals surface area contributed by atoms with Crippen LogP contribution in [-0.2, 0) is 10.8 Å². The van der Waals surface area contributed by atoms with Crippen molar-refractivity contribution in [2.24, 2.45) is 5.41 Å². The van der Waals surface area contributed by atoms with Gasteiger partial charge in [0, 0.05) is 27.3 Å². The first-order valence-electron chi connectivity index (χ1n) is 6.21. The average molecular weight is 247 g/mol. The Balaban J connectivity index is 4.50. The van der Waals surface area contributed by atoms with Crippen LogP contribution in [0.25, 0.3) is 0 Å². The molecule has 16 heavy (non-hydrogen) atoms. The number of rotatable bonds is 5. The van der Waals surface area contributed by atoms with Gasteiger partial charge in [-0.2, -0.15) is 0 Å². The van der Waals surface area contributed by atoms with Crippen molar-refractivity contribution in [1.29, 1.82) is 0 Å². The van der Waals surface area contributed by atoms with E-state index in [1.807, 2.05) is 20.8 Å². The van der Waals surface area contributed by atoms with Gasteiger partial charge in [0.15, 0.2) is 0 Å². The van der Waals surface area contributed by atoms with Crippen molar-refractivity contribution < 1.29 is 4.21 Å². The Morgan fingerprint density at radius 1 is 1.12 bits per heavy atom. The van der Waals surface area contributed by atoms with Crippen molar-refractivity contribution in [1.82, 2.24) is 5.32 Å². The first kappa shape index (κ1) is 16.1. The molecule has 2 atom stereocenters. The Hall–Kier alpha value is 0.110. The van der Waals surface area contributed by atoms with E-state index in [1.54, 1.807) is 0 Å². The molecule has 0 heterocycles. The largest absolute Gasteiger partial charge is 0.313 e.